The van der Waals surface area contributed by atoms with Crippen LogP contribution in [0.3, 0.4) is 0 Å². The van der Waals surface area contributed by atoms with Gasteiger partial charge in [-0.05, 0) is 39.0 Å². The fraction of sp³-hybridized carbons (Fsp3) is 0.429. The number of amides is 1. The van der Waals surface area contributed by atoms with E-state index in [2.05, 4.69) is 5.32 Å². The van der Waals surface area contributed by atoms with Gasteiger partial charge in [0.05, 0.1) is 5.56 Å². The lowest BCUT2D eigenvalue weighted by atomic mass is 10.0. The highest BCUT2D eigenvalue weighted by Gasteiger charge is 2.17. The van der Waals surface area contributed by atoms with Gasteiger partial charge in [-0.1, -0.05) is 0 Å². The molecule has 0 saturated carbocycles. The van der Waals surface area contributed by atoms with E-state index in [1.165, 1.54) is 0 Å². The topological polar surface area (TPSA) is 46.2 Å². The zero-order valence-electron chi connectivity index (χ0n) is 11.2. The standard InChI is InChI=1S/C14H17F2NO2/c1-14(2,3)17-13(19)7-6-12(18)10-8-9(15)4-5-11(10)16/h4-5,8H,6-7H2,1-3H3,(H,17,19). The maximum Gasteiger partial charge on any atom is 0.220 e. The Morgan fingerprint density at radius 2 is 1.79 bits per heavy atom. The van der Waals surface area contributed by atoms with Crippen molar-refractivity contribution in [2.45, 2.75) is 39.2 Å². The van der Waals surface area contributed by atoms with Gasteiger partial charge in [0.15, 0.2) is 5.78 Å². The predicted octanol–water partition coefficient (Wildman–Crippen LogP) is 2.84. The molecule has 0 aliphatic rings. The molecule has 0 unspecified atom stereocenters. The highest BCUT2D eigenvalue weighted by molar-refractivity contribution is 5.98. The van der Waals surface area contributed by atoms with Gasteiger partial charge in [-0.15, -0.1) is 0 Å². The van der Waals surface area contributed by atoms with Gasteiger partial charge < -0.3 is 5.32 Å². The number of carbonyl (C=O) groups excluding carboxylic acids is 2. The fourth-order valence-corrected chi connectivity index (χ4v) is 1.55. The predicted molar refractivity (Wildman–Crippen MR) is 67.8 cm³/mol. The van der Waals surface area contributed by atoms with Gasteiger partial charge >= 0.3 is 0 Å². The van der Waals surface area contributed by atoms with Crippen LogP contribution in [0.1, 0.15) is 44.0 Å². The van der Waals surface area contributed by atoms with E-state index in [-0.39, 0.29) is 29.9 Å². The van der Waals surface area contributed by atoms with Crippen LogP contribution in [0.4, 0.5) is 8.78 Å². The maximum atomic E-state index is 13.3. The van der Waals surface area contributed by atoms with Gasteiger partial charge in [0.25, 0.3) is 0 Å². The molecule has 0 aliphatic carbocycles. The van der Waals surface area contributed by atoms with E-state index >= 15 is 0 Å². The zero-order chi connectivity index (χ0) is 14.6. The second-order valence-corrected chi connectivity index (χ2v) is 5.35. The third-order valence-electron chi connectivity index (χ3n) is 2.32. The highest BCUT2D eigenvalue weighted by atomic mass is 19.1. The highest BCUT2D eigenvalue weighted by Crippen LogP contribution is 2.13. The number of hydrogen-bond donors (Lipinski definition) is 1. The van der Waals surface area contributed by atoms with E-state index in [0.29, 0.717) is 0 Å². The fourth-order valence-electron chi connectivity index (χ4n) is 1.55. The van der Waals surface area contributed by atoms with Crippen LogP contribution in [0.5, 0.6) is 0 Å². The maximum absolute atomic E-state index is 13.3. The second-order valence-electron chi connectivity index (χ2n) is 5.35. The second kappa shape index (κ2) is 5.91. The summed E-state index contributed by atoms with van der Waals surface area (Å²) in [6, 6.07) is 2.69. The van der Waals surface area contributed by atoms with Gasteiger partial charge in [0.1, 0.15) is 11.6 Å². The lowest BCUT2D eigenvalue weighted by molar-refractivity contribution is -0.122. The third-order valence-corrected chi connectivity index (χ3v) is 2.32. The first-order valence-electron chi connectivity index (χ1n) is 5.98. The van der Waals surface area contributed by atoms with E-state index in [0.717, 1.165) is 18.2 Å². The molecule has 19 heavy (non-hydrogen) atoms. The van der Waals surface area contributed by atoms with Gasteiger partial charge in [-0.3, -0.25) is 9.59 Å². The minimum Gasteiger partial charge on any atom is -0.351 e. The monoisotopic (exact) mass is 269 g/mol. The largest absolute Gasteiger partial charge is 0.351 e. The third kappa shape index (κ3) is 5.16. The Hall–Kier alpha value is -1.78. The first kappa shape index (κ1) is 15.3. The van der Waals surface area contributed by atoms with Crippen LogP contribution in [0.25, 0.3) is 0 Å². The summed E-state index contributed by atoms with van der Waals surface area (Å²) in [7, 11) is 0. The molecule has 0 saturated heterocycles. The Kier molecular flexibility index (Phi) is 4.75. The molecule has 0 fully saturated rings. The molecule has 0 aromatic heterocycles. The van der Waals surface area contributed by atoms with Gasteiger partial charge in [-0.25, -0.2) is 8.78 Å². The zero-order valence-corrected chi connectivity index (χ0v) is 11.2. The van der Waals surface area contributed by atoms with Crippen LogP contribution in [-0.4, -0.2) is 17.2 Å². The Balaban J connectivity index is 2.61. The van der Waals surface area contributed by atoms with Crippen molar-refractivity contribution in [2.24, 2.45) is 0 Å². The number of Topliss-reactive ketones (excluding diaryl/α,β-unsaturated/α-hetero) is 1. The van der Waals surface area contributed by atoms with E-state index in [1.807, 2.05) is 20.8 Å². The smallest absolute Gasteiger partial charge is 0.220 e. The van der Waals surface area contributed by atoms with E-state index in [9.17, 15) is 18.4 Å². The molecule has 104 valence electrons. The summed E-state index contributed by atoms with van der Waals surface area (Å²) < 4.78 is 26.3. The molecule has 0 aliphatic heterocycles. The molecule has 1 N–H and O–H groups in total. The lowest BCUT2D eigenvalue weighted by Gasteiger charge is -2.20. The SMILES string of the molecule is CC(C)(C)NC(=O)CCC(=O)c1cc(F)ccc1F. The summed E-state index contributed by atoms with van der Waals surface area (Å²) in [4.78, 5) is 23.2. The minimum atomic E-state index is -0.775. The first-order chi connectivity index (χ1) is 8.69. The van der Waals surface area contributed by atoms with E-state index < -0.39 is 17.4 Å². The van der Waals surface area contributed by atoms with Crippen LogP contribution >= 0.6 is 0 Å². The summed E-state index contributed by atoms with van der Waals surface area (Å²) in [5.74, 6) is -2.33. The number of rotatable bonds is 4. The molecule has 1 rings (SSSR count). The normalized spacial score (nSPS) is 11.2. The summed E-state index contributed by atoms with van der Waals surface area (Å²) in [6.45, 7) is 5.46. The number of benzene rings is 1. The number of hydrogen-bond acceptors (Lipinski definition) is 2. The van der Waals surface area contributed by atoms with Crippen LogP contribution < -0.4 is 5.32 Å². The average Bonchev–Trinajstić information content (AvgIpc) is 2.27. The van der Waals surface area contributed by atoms with Crippen molar-refractivity contribution in [3.63, 3.8) is 0 Å². The van der Waals surface area contributed by atoms with Crippen LogP contribution in [0.2, 0.25) is 0 Å². The number of nitrogens with one attached hydrogen (secondary N) is 1. The van der Waals surface area contributed by atoms with Crippen molar-refractivity contribution >= 4 is 11.7 Å². The van der Waals surface area contributed by atoms with Gasteiger partial charge in [-0.2, -0.15) is 0 Å². The van der Waals surface area contributed by atoms with Crippen molar-refractivity contribution in [2.75, 3.05) is 0 Å². The molecule has 0 bridgehead atoms. The Morgan fingerprint density at radius 1 is 1.16 bits per heavy atom. The summed E-state index contributed by atoms with van der Waals surface area (Å²) >= 11 is 0. The summed E-state index contributed by atoms with van der Waals surface area (Å²) in [5, 5.41) is 2.69. The number of halogens is 2. The summed E-state index contributed by atoms with van der Waals surface area (Å²) in [6.07, 6.45) is -0.200. The Morgan fingerprint density at radius 3 is 2.37 bits per heavy atom. The lowest BCUT2D eigenvalue weighted by Crippen LogP contribution is -2.40. The molecular formula is C14H17F2NO2. The van der Waals surface area contributed by atoms with Crippen molar-refractivity contribution in [1.82, 2.24) is 5.32 Å². The molecule has 0 heterocycles. The Bertz CT molecular complexity index is 493. The molecule has 0 radical (unpaired) electrons. The molecule has 1 amide bonds. The molecule has 0 atom stereocenters. The van der Waals surface area contributed by atoms with E-state index in [4.69, 9.17) is 0 Å². The average molecular weight is 269 g/mol. The van der Waals surface area contributed by atoms with Crippen LogP contribution in [0.15, 0.2) is 18.2 Å². The quantitative estimate of drug-likeness (QED) is 0.854. The first-order valence-corrected chi connectivity index (χ1v) is 5.98. The molecular weight excluding hydrogens is 252 g/mol. The minimum absolute atomic E-state index is 0.0495. The molecule has 5 heteroatoms. The van der Waals surface area contributed by atoms with Crippen LogP contribution in [-0.2, 0) is 4.79 Å². The molecule has 1 aromatic rings. The molecule has 0 spiro atoms. The van der Waals surface area contributed by atoms with Crippen molar-refractivity contribution in [3.8, 4) is 0 Å². The van der Waals surface area contributed by atoms with E-state index in [1.54, 1.807) is 0 Å². The van der Waals surface area contributed by atoms with Gasteiger partial charge in [0, 0.05) is 18.4 Å². The van der Waals surface area contributed by atoms with Gasteiger partial charge in [0.2, 0.25) is 5.91 Å². The van der Waals surface area contributed by atoms with Crippen LogP contribution in [0, 0.1) is 11.6 Å². The molecule has 3 nitrogen and oxygen atoms in total. The van der Waals surface area contributed by atoms with Crippen molar-refractivity contribution < 1.29 is 18.4 Å². The summed E-state index contributed by atoms with van der Waals surface area (Å²) in [5.41, 5.74) is -0.701. The number of ketones is 1. The van der Waals surface area contributed by atoms with Crippen molar-refractivity contribution in [3.05, 3.63) is 35.4 Å². The Labute approximate surface area is 111 Å². The number of carbonyl (C=O) groups is 2. The molecule has 1 aromatic carbocycles. The van der Waals surface area contributed by atoms with Crippen molar-refractivity contribution in [1.29, 1.82) is 0 Å².